The summed E-state index contributed by atoms with van der Waals surface area (Å²) >= 11 is 0. The summed E-state index contributed by atoms with van der Waals surface area (Å²) in [6.45, 7) is 1.36. The number of amides is 1. The maximum atomic E-state index is 13.2. The molecule has 2 aromatic rings. The molecule has 0 aliphatic heterocycles. The third-order valence-electron chi connectivity index (χ3n) is 5.24. The van der Waals surface area contributed by atoms with Gasteiger partial charge in [-0.15, -0.1) is 0 Å². The van der Waals surface area contributed by atoms with Gasteiger partial charge in [0.2, 0.25) is 0 Å². The Kier molecular flexibility index (Phi) is 6.80. The summed E-state index contributed by atoms with van der Waals surface area (Å²) in [4.78, 5) is 40.8. The molecule has 0 atom stereocenters. The van der Waals surface area contributed by atoms with Crippen molar-refractivity contribution < 1.29 is 23.5 Å². The molecule has 0 unspecified atom stereocenters. The van der Waals surface area contributed by atoms with E-state index in [2.05, 4.69) is 4.98 Å². The van der Waals surface area contributed by atoms with E-state index in [1.807, 2.05) is 0 Å². The first-order valence-electron chi connectivity index (χ1n) is 9.84. The number of carbonyl (C=O) groups is 3. The second kappa shape index (κ2) is 9.49. The van der Waals surface area contributed by atoms with Crippen LogP contribution in [0.15, 0.2) is 36.5 Å². The van der Waals surface area contributed by atoms with Gasteiger partial charge in [0, 0.05) is 24.3 Å². The second-order valence-electron chi connectivity index (χ2n) is 7.37. The van der Waals surface area contributed by atoms with Gasteiger partial charge in [-0.1, -0.05) is 31.4 Å². The van der Waals surface area contributed by atoms with Crippen LogP contribution in [0.25, 0.3) is 0 Å². The third kappa shape index (κ3) is 5.53. The number of ketones is 1. The number of Topliss-reactive ketones (excluding diaryl/α,β-unsaturated/α-hetero) is 1. The number of rotatable bonds is 7. The van der Waals surface area contributed by atoms with Crippen molar-refractivity contribution in [1.82, 2.24) is 9.88 Å². The van der Waals surface area contributed by atoms with E-state index in [9.17, 15) is 18.8 Å². The highest BCUT2D eigenvalue weighted by Crippen LogP contribution is 2.24. The van der Waals surface area contributed by atoms with Gasteiger partial charge in [0.05, 0.1) is 0 Å². The second-order valence-corrected chi connectivity index (χ2v) is 7.37. The number of H-pyrrole nitrogens is 1. The highest BCUT2D eigenvalue weighted by molar-refractivity contribution is 5.97. The maximum absolute atomic E-state index is 13.2. The lowest BCUT2D eigenvalue weighted by molar-refractivity contribution is -0.138. The number of hydrogen-bond donors (Lipinski definition) is 1. The van der Waals surface area contributed by atoms with Gasteiger partial charge in [0.1, 0.15) is 11.5 Å². The summed E-state index contributed by atoms with van der Waals surface area (Å²) in [5, 5.41) is 0. The number of nitrogens with zero attached hydrogens (tertiary/aromatic N) is 1. The Morgan fingerprint density at radius 3 is 2.45 bits per heavy atom. The Balaban J connectivity index is 1.65. The van der Waals surface area contributed by atoms with Crippen molar-refractivity contribution in [2.75, 3.05) is 6.61 Å². The van der Waals surface area contributed by atoms with Crippen molar-refractivity contribution in [2.24, 2.45) is 0 Å². The predicted octanol–water partition coefficient (Wildman–Crippen LogP) is 3.87. The van der Waals surface area contributed by atoms with Crippen molar-refractivity contribution in [1.29, 1.82) is 0 Å². The number of aromatic amines is 1. The molecule has 1 heterocycles. The zero-order valence-corrected chi connectivity index (χ0v) is 16.4. The van der Waals surface area contributed by atoms with Crippen LogP contribution in [0.3, 0.4) is 0 Å². The molecule has 0 spiro atoms. The van der Waals surface area contributed by atoms with Gasteiger partial charge in [-0.3, -0.25) is 9.59 Å². The Morgan fingerprint density at radius 1 is 1.14 bits per heavy atom. The minimum Gasteiger partial charge on any atom is -0.451 e. The lowest BCUT2D eigenvalue weighted by Crippen LogP contribution is -2.43. The first-order valence-corrected chi connectivity index (χ1v) is 9.84. The maximum Gasteiger partial charge on any atom is 0.355 e. The normalized spacial score (nSPS) is 14.4. The number of benzene rings is 1. The van der Waals surface area contributed by atoms with Crippen LogP contribution in [0.4, 0.5) is 4.39 Å². The van der Waals surface area contributed by atoms with E-state index < -0.39 is 5.97 Å². The number of carbonyl (C=O) groups excluding carboxylic acids is 3. The Hall–Kier alpha value is -2.96. The van der Waals surface area contributed by atoms with Crippen molar-refractivity contribution in [2.45, 2.75) is 51.6 Å². The van der Waals surface area contributed by atoms with Crippen molar-refractivity contribution in [3.8, 4) is 0 Å². The zero-order chi connectivity index (χ0) is 20.8. The van der Waals surface area contributed by atoms with Gasteiger partial charge in [-0.2, -0.15) is 0 Å². The molecule has 7 heteroatoms. The molecule has 1 aliphatic rings. The van der Waals surface area contributed by atoms with Gasteiger partial charge in [-0.05, 0) is 43.5 Å². The number of esters is 1. The molecule has 0 radical (unpaired) electrons. The fourth-order valence-electron chi connectivity index (χ4n) is 3.60. The summed E-state index contributed by atoms with van der Waals surface area (Å²) in [6.07, 6.45) is 6.49. The number of halogens is 1. The van der Waals surface area contributed by atoms with Gasteiger partial charge < -0.3 is 14.6 Å². The monoisotopic (exact) mass is 400 g/mol. The summed E-state index contributed by atoms with van der Waals surface area (Å²) in [7, 11) is 0. The van der Waals surface area contributed by atoms with Crippen LogP contribution in [0.2, 0.25) is 0 Å². The first kappa shape index (κ1) is 20.8. The van der Waals surface area contributed by atoms with Crippen molar-refractivity contribution in [3.05, 3.63) is 59.2 Å². The highest BCUT2D eigenvalue weighted by Gasteiger charge is 2.26. The minimum atomic E-state index is -0.684. The number of nitrogens with one attached hydrogen (secondary N) is 1. The summed E-state index contributed by atoms with van der Waals surface area (Å²) in [5.41, 5.74) is 1.33. The number of hydrogen-bond acceptors (Lipinski definition) is 4. The lowest BCUT2D eigenvalue weighted by atomic mass is 9.93. The van der Waals surface area contributed by atoms with E-state index in [1.165, 1.54) is 31.3 Å². The van der Waals surface area contributed by atoms with Crippen molar-refractivity contribution >= 4 is 17.7 Å². The average Bonchev–Trinajstić information content (AvgIpc) is 3.23. The molecule has 29 heavy (non-hydrogen) atoms. The van der Waals surface area contributed by atoms with E-state index in [0.717, 1.165) is 37.7 Å². The molecular formula is C22H25FN2O4. The van der Waals surface area contributed by atoms with E-state index in [4.69, 9.17) is 4.74 Å². The molecule has 1 fully saturated rings. The quantitative estimate of drug-likeness (QED) is 0.565. The topological polar surface area (TPSA) is 79.5 Å². The van der Waals surface area contributed by atoms with Gasteiger partial charge in [0.15, 0.2) is 12.4 Å². The van der Waals surface area contributed by atoms with Crippen LogP contribution >= 0.6 is 0 Å². The highest BCUT2D eigenvalue weighted by atomic mass is 19.1. The van der Waals surface area contributed by atoms with Crippen LogP contribution in [-0.2, 0) is 16.1 Å². The van der Waals surface area contributed by atoms with E-state index in [0.29, 0.717) is 12.1 Å². The van der Waals surface area contributed by atoms with Crippen LogP contribution in [0.5, 0.6) is 0 Å². The molecule has 154 valence electrons. The zero-order valence-electron chi connectivity index (χ0n) is 16.4. The standard InChI is InChI=1S/C22H25FN2O4/c1-15(26)17-11-20(24-12-17)22(28)29-14-21(27)25(19-5-3-2-4-6-19)13-16-7-9-18(23)10-8-16/h7-12,19,24H,2-6,13-14H2,1H3. The average molecular weight is 400 g/mol. The molecule has 6 nitrogen and oxygen atoms in total. The SMILES string of the molecule is CC(=O)c1c[nH]c(C(=O)OCC(=O)N(Cc2ccc(F)cc2)C2CCCCC2)c1. The van der Waals surface area contributed by atoms with E-state index >= 15 is 0 Å². The van der Waals surface area contributed by atoms with E-state index in [1.54, 1.807) is 17.0 Å². The van der Waals surface area contributed by atoms with E-state index in [-0.39, 0.29) is 35.9 Å². The van der Waals surface area contributed by atoms with Crippen LogP contribution in [0, 0.1) is 5.82 Å². The lowest BCUT2D eigenvalue weighted by Gasteiger charge is -2.34. The predicted molar refractivity (Wildman–Crippen MR) is 105 cm³/mol. The molecular weight excluding hydrogens is 375 g/mol. The number of aromatic nitrogens is 1. The summed E-state index contributed by atoms with van der Waals surface area (Å²) < 4.78 is 18.4. The summed E-state index contributed by atoms with van der Waals surface area (Å²) in [5.74, 6) is -1.46. The van der Waals surface area contributed by atoms with Gasteiger partial charge in [0.25, 0.3) is 5.91 Å². The van der Waals surface area contributed by atoms with Crippen molar-refractivity contribution in [3.63, 3.8) is 0 Å². The largest absolute Gasteiger partial charge is 0.451 e. The molecule has 1 N–H and O–H groups in total. The molecule has 1 aromatic carbocycles. The Labute approximate surface area is 169 Å². The molecule has 0 bridgehead atoms. The first-order chi connectivity index (χ1) is 13.9. The smallest absolute Gasteiger partial charge is 0.355 e. The molecule has 0 saturated heterocycles. The van der Waals surface area contributed by atoms with Crippen LogP contribution in [-0.4, -0.2) is 40.2 Å². The fourth-order valence-corrected chi connectivity index (χ4v) is 3.60. The minimum absolute atomic E-state index is 0.0785. The van der Waals surface area contributed by atoms with Crippen LogP contribution in [0.1, 0.15) is 65.4 Å². The van der Waals surface area contributed by atoms with Gasteiger partial charge in [-0.25, -0.2) is 9.18 Å². The van der Waals surface area contributed by atoms with Crippen LogP contribution < -0.4 is 0 Å². The third-order valence-corrected chi connectivity index (χ3v) is 5.24. The Bertz CT molecular complexity index is 869. The molecule has 1 aliphatic carbocycles. The molecule has 1 amide bonds. The molecule has 1 aromatic heterocycles. The fraction of sp³-hybridized carbons (Fsp3) is 0.409. The number of ether oxygens (including phenoxy) is 1. The molecule has 1 saturated carbocycles. The Morgan fingerprint density at radius 2 is 1.83 bits per heavy atom. The molecule has 3 rings (SSSR count). The van der Waals surface area contributed by atoms with Gasteiger partial charge >= 0.3 is 5.97 Å². The summed E-state index contributed by atoms with van der Waals surface area (Å²) in [6, 6.07) is 7.55.